The Hall–Kier alpha value is -2.50. The van der Waals surface area contributed by atoms with Gasteiger partial charge in [-0.15, -0.1) is 0 Å². The van der Waals surface area contributed by atoms with Crippen molar-refractivity contribution in [2.75, 3.05) is 24.7 Å². The Morgan fingerprint density at radius 2 is 2.21 bits per heavy atom. The SMILES string of the molecule is CN(C)c1ccc(C(=O)NCc2ccon2)cc1N. The van der Waals surface area contributed by atoms with Gasteiger partial charge in [0.15, 0.2) is 0 Å². The molecule has 0 saturated heterocycles. The van der Waals surface area contributed by atoms with E-state index in [9.17, 15) is 4.79 Å². The number of nitrogens with one attached hydrogen (secondary N) is 1. The minimum absolute atomic E-state index is 0.194. The summed E-state index contributed by atoms with van der Waals surface area (Å²) in [5.41, 5.74) is 8.55. The number of carbonyl (C=O) groups excluding carboxylic acids is 1. The molecule has 19 heavy (non-hydrogen) atoms. The van der Waals surface area contributed by atoms with Crippen molar-refractivity contribution in [1.29, 1.82) is 0 Å². The van der Waals surface area contributed by atoms with E-state index in [0.717, 1.165) is 5.69 Å². The van der Waals surface area contributed by atoms with Gasteiger partial charge in [-0.1, -0.05) is 5.16 Å². The first-order valence-electron chi connectivity index (χ1n) is 5.82. The fourth-order valence-corrected chi connectivity index (χ4v) is 1.70. The molecule has 1 aromatic carbocycles. The molecule has 0 unspecified atom stereocenters. The molecule has 1 aromatic heterocycles. The first-order chi connectivity index (χ1) is 9.08. The molecule has 0 fully saturated rings. The smallest absolute Gasteiger partial charge is 0.251 e. The summed E-state index contributed by atoms with van der Waals surface area (Å²) in [6.07, 6.45) is 1.46. The van der Waals surface area contributed by atoms with Gasteiger partial charge < -0.3 is 20.5 Å². The maximum Gasteiger partial charge on any atom is 0.251 e. The number of amides is 1. The van der Waals surface area contributed by atoms with Gasteiger partial charge in [-0.3, -0.25) is 4.79 Å². The van der Waals surface area contributed by atoms with Crippen LogP contribution in [0.5, 0.6) is 0 Å². The summed E-state index contributed by atoms with van der Waals surface area (Å²) in [6, 6.07) is 6.92. The van der Waals surface area contributed by atoms with Gasteiger partial charge in [0.1, 0.15) is 12.0 Å². The molecule has 0 radical (unpaired) electrons. The molecule has 2 rings (SSSR count). The predicted molar refractivity (Wildman–Crippen MR) is 72.9 cm³/mol. The summed E-state index contributed by atoms with van der Waals surface area (Å²) in [5, 5.41) is 6.46. The van der Waals surface area contributed by atoms with Crippen LogP contribution in [0.4, 0.5) is 11.4 Å². The first kappa shape index (κ1) is 12.9. The van der Waals surface area contributed by atoms with E-state index in [1.807, 2.05) is 25.1 Å². The zero-order chi connectivity index (χ0) is 13.8. The molecule has 0 aliphatic heterocycles. The van der Waals surface area contributed by atoms with Crippen LogP contribution in [0.3, 0.4) is 0 Å². The van der Waals surface area contributed by atoms with E-state index in [2.05, 4.69) is 15.0 Å². The van der Waals surface area contributed by atoms with Crippen molar-refractivity contribution in [2.24, 2.45) is 0 Å². The molecule has 3 N–H and O–H groups in total. The first-order valence-corrected chi connectivity index (χ1v) is 5.82. The molecule has 100 valence electrons. The van der Waals surface area contributed by atoms with E-state index in [1.54, 1.807) is 18.2 Å². The second kappa shape index (κ2) is 5.43. The molecule has 0 spiro atoms. The van der Waals surface area contributed by atoms with Gasteiger partial charge in [-0.25, -0.2) is 0 Å². The lowest BCUT2D eigenvalue weighted by Gasteiger charge is -2.15. The van der Waals surface area contributed by atoms with Crippen LogP contribution in [-0.4, -0.2) is 25.2 Å². The fraction of sp³-hybridized carbons (Fsp3) is 0.231. The summed E-state index contributed by atoms with van der Waals surface area (Å²) in [5.74, 6) is -0.194. The molecule has 0 aliphatic carbocycles. The number of nitrogens with two attached hydrogens (primary N) is 1. The lowest BCUT2D eigenvalue weighted by Crippen LogP contribution is -2.23. The highest BCUT2D eigenvalue weighted by molar-refractivity contribution is 5.96. The normalized spacial score (nSPS) is 10.2. The second-order valence-electron chi connectivity index (χ2n) is 4.34. The van der Waals surface area contributed by atoms with E-state index >= 15 is 0 Å². The van der Waals surface area contributed by atoms with Crippen molar-refractivity contribution in [3.8, 4) is 0 Å². The monoisotopic (exact) mass is 260 g/mol. The number of nitrogen functional groups attached to an aromatic ring is 1. The summed E-state index contributed by atoms with van der Waals surface area (Å²) < 4.78 is 4.69. The maximum atomic E-state index is 11.9. The van der Waals surface area contributed by atoms with Crippen LogP contribution in [0.1, 0.15) is 16.1 Å². The van der Waals surface area contributed by atoms with E-state index < -0.39 is 0 Å². The van der Waals surface area contributed by atoms with E-state index in [1.165, 1.54) is 6.26 Å². The number of anilines is 2. The van der Waals surface area contributed by atoms with Crippen LogP contribution in [0, 0.1) is 0 Å². The third-order valence-corrected chi connectivity index (χ3v) is 2.69. The van der Waals surface area contributed by atoms with Crippen molar-refractivity contribution in [3.63, 3.8) is 0 Å². The van der Waals surface area contributed by atoms with Crippen LogP contribution < -0.4 is 16.0 Å². The molecule has 6 nitrogen and oxygen atoms in total. The van der Waals surface area contributed by atoms with Gasteiger partial charge in [0.2, 0.25) is 0 Å². The third-order valence-electron chi connectivity index (χ3n) is 2.69. The predicted octanol–water partition coefficient (Wildman–Crippen LogP) is 1.25. The highest BCUT2D eigenvalue weighted by Gasteiger charge is 2.09. The average molecular weight is 260 g/mol. The van der Waals surface area contributed by atoms with E-state index in [4.69, 9.17) is 5.73 Å². The molecule has 0 saturated carbocycles. The molecule has 2 aromatic rings. The van der Waals surface area contributed by atoms with Gasteiger partial charge in [0, 0.05) is 25.7 Å². The summed E-state index contributed by atoms with van der Waals surface area (Å²) in [4.78, 5) is 13.8. The Kier molecular flexibility index (Phi) is 3.70. The Bertz CT molecular complexity index is 564. The zero-order valence-corrected chi connectivity index (χ0v) is 10.9. The van der Waals surface area contributed by atoms with Crippen molar-refractivity contribution >= 4 is 17.3 Å². The van der Waals surface area contributed by atoms with Gasteiger partial charge >= 0.3 is 0 Å². The topological polar surface area (TPSA) is 84.4 Å². The minimum atomic E-state index is -0.194. The van der Waals surface area contributed by atoms with Crippen LogP contribution in [0.25, 0.3) is 0 Å². The molecular weight excluding hydrogens is 244 g/mol. The molecule has 0 bridgehead atoms. The highest BCUT2D eigenvalue weighted by atomic mass is 16.5. The number of hydrogen-bond donors (Lipinski definition) is 2. The lowest BCUT2D eigenvalue weighted by atomic mass is 10.1. The van der Waals surface area contributed by atoms with Crippen molar-refractivity contribution in [3.05, 3.63) is 41.8 Å². The Labute approximate surface area is 111 Å². The lowest BCUT2D eigenvalue weighted by molar-refractivity contribution is 0.0950. The molecule has 6 heteroatoms. The van der Waals surface area contributed by atoms with Gasteiger partial charge in [0.25, 0.3) is 5.91 Å². The molecular formula is C13H16N4O2. The summed E-state index contributed by atoms with van der Waals surface area (Å²) >= 11 is 0. The summed E-state index contributed by atoms with van der Waals surface area (Å²) in [7, 11) is 3.80. The van der Waals surface area contributed by atoms with Crippen LogP contribution >= 0.6 is 0 Å². The molecule has 1 amide bonds. The minimum Gasteiger partial charge on any atom is -0.397 e. The standard InChI is InChI=1S/C13H16N4O2/c1-17(2)12-4-3-9(7-11(12)14)13(18)15-8-10-5-6-19-16-10/h3-7H,8,14H2,1-2H3,(H,15,18). The van der Waals surface area contributed by atoms with Gasteiger partial charge in [-0.2, -0.15) is 0 Å². The summed E-state index contributed by atoms with van der Waals surface area (Å²) in [6.45, 7) is 0.324. The molecule has 1 heterocycles. The van der Waals surface area contributed by atoms with E-state index in [0.29, 0.717) is 23.5 Å². The average Bonchev–Trinajstić information content (AvgIpc) is 2.88. The quantitative estimate of drug-likeness (QED) is 0.808. The van der Waals surface area contributed by atoms with Crippen molar-refractivity contribution < 1.29 is 9.32 Å². The Morgan fingerprint density at radius 1 is 1.42 bits per heavy atom. The molecule has 0 atom stereocenters. The number of carbonyl (C=O) groups is 1. The largest absolute Gasteiger partial charge is 0.397 e. The van der Waals surface area contributed by atoms with Crippen molar-refractivity contribution in [2.45, 2.75) is 6.54 Å². The van der Waals surface area contributed by atoms with Crippen LogP contribution in [-0.2, 0) is 6.54 Å². The Morgan fingerprint density at radius 3 is 2.79 bits per heavy atom. The fourth-order valence-electron chi connectivity index (χ4n) is 1.70. The molecule has 0 aliphatic rings. The van der Waals surface area contributed by atoms with Gasteiger partial charge in [-0.05, 0) is 18.2 Å². The number of hydrogen-bond acceptors (Lipinski definition) is 5. The van der Waals surface area contributed by atoms with Crippen LogP contribution in [0.2, 0.25) is 0 Å². The number of aromatic nitrogens is 1. The number of nitrogens with zero attached hydrogens (tertiary/aromatic N) is 2. The van der Waals surface area contributed by atoms with Crippen LogP contribution in [0.15, 0.2) is 35.1 Å². The highest BCUT2D eigenvalue weighted by Crippen LogP contribution is 2.22. The van der Waals surface area contributed by atoms with Crippen molar-refractivity contribution in [1.82, 2.24) is 10.5 Å². The number of rotatable bonds is 4. The maximum absolute atomic E-state index is 11.9. The second-order valence-corrected chi connectivity index (χ2v) is 4.34. The Balaban J connectivity index is 2.05. The third kappa shape index (κ3) is 3.04. The zero-order valence-electron chi connectivity index (χ0n) is 10.9. The van der Waals surface area contributed by atoms with Gasteiger partial charge in [0.05, 0.1) is 17.9 Å². The van der Waals surface area contributed by atoms with E-state index in [-0.39, 0.29) is 5.91 Å². The number of benzene rings is 1.